The fourth-order valence-corrected chi connectivity index (χ4v) is 2.00. The second kappa shape index (κ2) is 4.48. The van der Waals surface area contributed by atoms with Crippen molar-refractivity contribution in [1.29, 1.82) is 5.26 Å². The highest BCUT2D eigenvalue weighted by atomic mass is 16.4. The molecule has 0 aliphatic carbocycles. The van der Waals surface area contributed by atoms with Crippen molar-refractivity contribution in [2.75, 3.05) is 0 Å². The molecule has 0 atom stereocenters. The van der Waals surface area contributed by atoms with Gasteiger partial charge in [0.05, 0.1) is 22.9 Å². The summed E-state index contributed by atoms with van der Waals surface area (Å²) in [4.78, 5) is 11.3. The van der Waals surface area contributed by atoms with Gasteiger partial charge in [-0.2, -0.15) is 5.26 Å². The molecule has 20 heavy (non-hydrogen) atoms. The first kappa shape index (κ1) is 11.9. The average molecular weight is 264 g/mol. The van der Waals surface area contributed by atoms with Gasteiger partial charge in [0, 0.05) is 0 Å². The first-order valence-electron chi connectivity index (χ1n) is 5.79. The molecule has 0 saturated carbocycles. The van der Waals surface area contributed by atoms with Crippen molar-refractivity contribution in [3.8, 4) is 11.8 Å². The summed E-state index contributed by atoms with van der Waals surface area (Å²) in [5, 5.41) is 26.0. The second-order valence-corrected chi connectivity index (χ2v) is 4.14. The summed E-state index contributed by atoms with van der Waals surface area (Å²) in [6.07, 6.45) is 0. The van der Waals surface area contributed by atoms with Crippen LogP contribution in [0, 0.1) is 11.3 Å². The van der Waals surface area contributed by atoms with Gasteiger partial charge in [-0.3, -0.25) is 0 Å². The van der Waals surface area contributed by atoms with Gasteiger partial charge in [-0.25, -0.2) is 9.48 Å². The molecule has 6 nitrogen and oxygen atoms in total. The van der Waals surface area contributed by atoms with E-state index in [1.165, 1.54) is 10.7 Å². The van der Waals surface area contributed by atoms with E-state index in [4.69, 9.17) is 5.26 Å². The van der Waals surface area contributed by atoms with Crippen LogP contribution in [0.15, 0.2) is 42.5 Å². The molecule has 2 aromatic carbocycles. The summed E-state index contributed by atoms with van der Waals surface area (Å²) in [5.74, 6) is -1.03. The number of hydrogen-bond donors (Lipinski definition) is 1. The van der Waals surface area contributed by atoms with Crippen LogP contribution in [0.1, 0.15) is 15.9 Å². The summed E-state index contributed by atoms with van der Waals surface area (Å²) < 4.78 is 1.46. The molecule has 3 rings (SSSR count). The summed E-state index contributed by atoms with van der Waals surface area (Å²) in [7, 11) is 0. The Hall–Kier alpha value is -3.20. The van der Waals surface area contributed by atoms with Crippen LogP contribution in [0.2, 0.25) is 0 Å². The molecule has 1 N–H and O–H groups in total. The Balaban J connectivity index is 2.26. The van der Waals surface area contributed by atoms with Gasteiger partial charge in [0.15, 0.2) is 0 Å². The smallest absolute Gasteiger partial charge is 0.337 e. The predicted octanol–water partition coefficient (Wildman–Crippen LogP) is 1.99. The molecule has 3 aromatic rings. The molecule has 0 amide bonds. The SMILES string of the molecule is N#Cc1ccc(-n2nnc3cccc(C(=O)O)c32)cc1. The molecule has 1 aromatic heterocycles. The Morgan fingerprint density at radius 1 is 1.20 bits per heavy atom. The summed E-state index contributed by atoms with van der Waals surface area (Å²) in [6.45, 7) is 0. The number of carboxylic acid groups (broad SMARTS) is 1. The molecule has 0 aliphatic rings. The average Bonchev–Trinajstić information content (AvgIpc) is 2.91. The lowest BCUT2D eigenvalue weighted by atomic mass is 10.1. The van der Waals surface area contributed by atoms with E-state index < -0.39 is 5.97 Å². The van der Waals surface area contributed by atoms with E-state index in [2.05, 4.69) is 10.3 Å². The zero-order valence-corrected chi connectivity index (χ0v) is 10.2. The van der Waals surface area contributed by atoms with Crippen molar-refractivity contribution in [3.05, 3.63) is 53.6 Å². The van der Waals surface area contributed by atoms with Crippen LogP contribution in [-0.2, 0) is 0 Å². The van der Waals surface area contributed by atoms with E-state index in [0.717, 1.165) is 0 Å². The van der Waals surface area contributed by atoms with E-state index in [0.29, 0.717) is 22.3 Å². The van der Waals surface area contributed by atoms with E-state index in [9.17, 15) is 9.90 Å². The maximum Gasteiger partial charge on any atom is 0.337 e. The lowest BCUT2D eigenvalue weighted by Crippen LogP contribution is -2.03. The zero-order chi connectivity index (χ0) is 14.1. The van der Waals surface area contributed by atoms with Crippen molar-refractivity contribution in [2.45, 2.75) is 0 Å². The minimum absolute atomic E-state index is 0.136. The van der Waals surface area contributed by atoms with Crippen LogP contribution < -0.4 is 0 Å². The van der Waals surface area contributed by atoms with Gasteiger partial charge in [0.2, 0.25) is 0 Å². The molecular formula is C14H8N4O2. The van der Waals surface area contributed by atoms with Crippen LogP contribution >= 0.6 is 0 Å². The molecule has 0 spiro atoms. The standard InChI is InChI=1S/C14H8N4O2/c15-8-9-4-6-10(7-5-9)18-13-11(14(19)20)2-1-3-12(13)16-17-18/h1-7H,(H,19,20). The van der Waals surface area contributed by atoms with Gasteiger partial charge >= 0.3 is 5.97 Å². The van der Waals surface area contributed by atoms with E-state index in [-0.39, 0.29) is 5.56 Å². The van der Waals surface area contributed by atoms with E-state index >= 15 is 0 Å². The van der Waals surface area contributed by atoms with E-state index in [1.807, 2.05) is 6.07 Å². The minimum atomic E-state index is -1.03. The number of fused-ring (bicyclic) bond motifs is 1. The normalized spacial score (nSPS) is 10.3. The molecule has 0 fully saturated rings. The number of rotatable bonds is 2. The number of carbonyl (C=O) groups is 1. The maximum absolute atomic E-state index is 11.3. The topological polar surface area (TPSA) is 91.8 Å². The van der Waals surface area contributed by atoms with Gasteiger partial charge < -0.3 is 5.11 Å². The van der Waals surface area contributed by atoms with Crippen molar-refractivity contribution < 1.29 is 9.90 Å². The van der Waals surface area contributed by atoms with Crippen LogP contribution in [0.5, 0.6) is 0 Å². The number of aromatic carboxylic acids is 1. The summed E-state index contributed by atoms with van der Waals surface area (Å²) in [5.41, 5.74) is 2.26. The predicted molar refractivity (Wildman–Crippen MR) is 70.5 cm³/mol. The van der Waals surface area contributed by atoms with Gasteiger partial charge in [-0.1, -0.05) is 11.3 Å². The van der Waals surface area contributed by atoms with Crippen molar-refractivity contribution in [3.63, 3.8) is 0 Å². The Bertz CT molecular complexity index is 844. The van der Waals surface area contributed by atoms with Gasteiger partial charge in [-0.05, 0) is 36.4 Å². The van der Waals surface area contributed by atoms with Crippen LogP contribution in [0.4, 0.5) is 0 Å². The molecule has 1 heterocycles. The van der Waals surface area contributed by atoms with Gasteiger partial charge in [0.1, 0.15) is 11.0 Å². The fourth-order valence-electron chi connectivity index (χ4n) is 2.00. The van der Waals surface area contributed by atoms with Crippen LogP contribution in [0.3, 0.4) is 0 Å². The lowest BCUT2D eigenvalue weighted by molar-refractivity contribution is 0.0698. The third kappa shape index (κ3) is 1.78. The summed E-state index contributed by atoms with van der Waals surface area (Å²) >= 11 is 0. The largest absolute Gasteiger partial charge is 0.478 e. The Morgan fingerprint density at radius 3 is 2.60 bits per heavy atom. The monoisotopic (exact) mass is 264 g/mol. The number of para-hydroxylation sites is 1. The van der Waals surface area contributed by atoms with Crippen LogP contribution in [-0.4, -0.2) is 26.1 Å². The highest BCUT2D eigenvalue weighted by Crippen LogP contribution is 2.20. The fraction of sp³-hybridized carbons (Fsp3) is 0. The number of hydrogen-bond acceptors (Lipinski definition) is 4. The Labute approximate surface area is 113 Å². The lowest BCUT2D eigenvalue weighted by Gasteiger charge is -2.04. The molecule has 0 bridgehead atoms. The minimum Gasteiger partial charge on any atom is -0.478 e. The molecular weight excluding hydrogens is 256 g/mol. The number of aromatic nitrogens is 3. The van der Waals surface area contributed by atoms with Crippen molar-refractivity contribution >= 4 is 17.0 Å². The number of nitriles is 1. The quantitative estimate of drug-likeness (QED) is 0.764. The first-order valence-corrected chi connectivity index (χ1v) is 5.79. The molecule has 6 heteroatoms. The molecule has 0 radical (unpaired) electrons. The maximum atomic E-state index is 11.3. The van der Waals surface area contributed by atoms with Crippen LogP contribution in [0.25, 0.3) is 16.7 Å². The molecule has 0 saturated heterocycles. The first-order chi connectivity index (χ1) is 9.70. The highest BCUT2D eigenvalue weighted by molar-refractivity contribution is 6.01. The molecule has 0 aliphatic heterocycles. The number of nitrogens with zero attached hydrogens (tertiary/aromatic N) is 4. The third-order valence-electron chi connectivity index (χ3n) is 2.94. The zero-order valence-electron chi connectivity index (χ0n) is 10.2. The summed E-state index contributed by atoms with van der Waals surface area (Å²) in [6, 6.07) is 13.6. The van der Waals surface area contributed by atoms with E-state index in [1.54, 1.807) is 36.4 Å². The third-order valence-corrected chi connectivity index (χ3v) is 2.94. The van der Waals surface area contributed by atoms with Gasteiger partial charge in [0.25, 0.3) is 0 Å². The van der Waals surface area contributed by atoms with Crippen molar-refractivity contribution in [1.82, 2.24) is 15.0 Å². The Kier molecular flexibility index (Phi) is 2.66. The molecule has 0 unspecified atom stereocenters. The second-order valence-electron chi connectivity index (χ2n) is 4.14. The number of benzene rings is 2. The number of carboxylic acids is 1. The Morgan fingerprint density at radius 2 is 1.95 bits per heavy atom. The highest BCUT2D eigenvalue weighted by Gasteiger charge is 2.15. The molecule has 96 valence electrons. The van der Waals surface area contributed by atoms with Crippen molar-refractivity contribution in [2.24, 2.45) is 0 Å². The van der Waals surface area contributed by atoms with Gasteiger partial charge in [-0.15, -0.1) is 5.10 Å².